The van der Waals surface area contributed by atoms with Gasteiger partial charge < -0.3 is 10.4 Å². The van der Waals surface area contributed by atoms with Crippen LogP contribution in [0.5, 0.6) is 0 Å². The number of nitrogens with one attached hydrogen (secondary N) is 1. The van der Waals surface area contributed by atoms with E-state index in [1.54, 1.807) is 0 Å². The minimum absolute atomic E-state index is 0.350. The second-order valence-corrected chi connectivity index (χ2v) is 9.33. The molecule has 1 saturated carbocycles. The van der Waals surface area contributed by atoms with Crippen molar-refractivity contribution in [3.63, 3.8) is 0 Å². The van der Waals surface area contributed by atoms with Crippen LogP contribution in [0.3, 0.4) is 0 Å². The lowest BCUT2D eigenvalue weighted by molar-refractivity contribution is -0.136. The Morgan fingerprint density at radius 3 is 2.09 bits per heavy atom. The van der Waals surface area contributed by atoms with Crippen molar-refractivity contribution in [3.05, 3.63) is 107 Å². The molecule has 3 aromatic carbocycles. The molecule has 5 rings (SSSR count). The Morgan fingerprint density at radius 1 is 0.938 bits per heavy atom. The Labute approximate surface area is 189 Å². The quantitative estimate of drug-likeness (QED) is 0.605. The van der Waals surface area contributed by atoms with E-state index in [4.69, 9.17) is 0 Å². The van der Waals surface area contributed by atoms with Gasteiger partial charge in [0, 0.05) is 26.2 Å². The smallest absolute Gasteiger partial charge is 0.261 e. The fraction of sp³-hybridized carbons (Fsp3) is 0.321. The van der Waals surface area contributed by atoms with Crippen LogP contribution in [0, 0.1) is 24.7 Å². The number of piperidine rings is 1. The largest absolute Gasteiger partial charge is 0.372 e. The summed E-state index contributed by atoms with van der Waals surface area (Å²) >= 11 is 0. The highest BCUT2D eigenvalue weighted by atomic mass is 16.3. The molecule has 4 nitrogen and oxygen atoms in total. The zero-order valence-electron chi connectivity index (χ0n) is 18.4. The van der Waals surface area contributed by atoms with Crippen molar-refractivity contribution >= 4 is 5.91 Å². The topological polar surface area (TPSA) is 52.6 Å². The molecule has 164 valence electrons. The molecule has 1 aliphatic heterocycles. The number of aliphatic hydroxyl groups is 1. The molecular weight excluding hydrogens is 396 g/mol. The zero-order valence-corrected chi connectivity index (χ0v) is 18.4. The van der Waals surface area contributed by atoms with Crippen LogP contribution in [0.2, 0.25) is 0 Å². The van der Waals surface area contributed by atoms with Gasteiger partial charge in [0.1, 0.15) is 0 Å². The summed E-state index contributed by atoms with van der Waals surface area (Å²) in [6.45, 7) is 5.92. The molecule has 0 aromatic heterocycles. The van der Waals surface area contributed by atoms with Gasteiger partial charge in [-0.3, -0.25) is 9.69 Å². The number of nitrogens with zero attached hydrogens (tertiary/aromatic N) is 1. The third-order valence-corrected chi connectivity index (χ3v) is 7.15. The normalized spacial score (nSPS) is 22.4. The van der Waals surface area contributed by atoms with Crippen LogP contribution in [0.25, 0.3) is 0 Å². The highest BCUT2D eigenvalue weighted by molar-refractivity contribution is 5.90. The predicted molar refractivity (Wildman–Crippen MR) is 126 cm³/mol. The van der Waals surface area contributed by atoms with Crippen molar-refractivity contribution in [3.8, 4) is 0 Å². The van der Waals surface area contributed by atoms with Gasteiger partial charge in [-0.25, -0.2) is 0 Å². The van der Waals surface area contributed by atoms with Gasteiger partial charge in [-0.1, -0.05) is 90.5 Å². The second-order valence-electron chi connectivity index (χ2n) is 9.33. The van der Waals surface area contributed by atoms with E-state index >= 15 is 0 Å². The summed E-state index contributed by atoms with van der Waals surface area (Å²) in [6.07, 6.45) is 0. The molecule has 0 spiro atoms. The third kappa shape index (κ3) is 3.96. The van der Waals surface area contributed by atoms with Gasteiger partial charge in [0.25, 0.3) is 5.91 Å². The maximum atomic E-state index is 13.3. The van der Waals surface area contributed by atoms with Gasteiger partial charge in [0.15, 0.2) is 5.60 Å². The SMILES string of the molecule is Cc1cccc(CN2C[C@@H]3[C@@H](CNC(=O)C(O)(c4ccccc4)c4ccccc4)[C@@H]3C2)c1. The molecule has 2 aliphatic rings. The van der Waals surface area contributed by atoms with Crippen molar-refractivity contribution in [1.29, 1.82) is 0 Å². The molecule has 32 heavy (non-hydrogen) atoms. The number of carbonyl (C=O) groups excluding carboxylic acids is 1. The summed E-state index contributed by atoms with van der Waals surface area (Å²) in [5.41, 5.74) is 2.15. The van der Waals surface area contributed by atoms with Gasteiger partial charge in [0.2, 0.25) is 0 Å². The molecule has 1 amide bonds. The van der Waals surface area contributed by atoms with Crippen LogP contribution < -0.4 is 5.32 Å². The number of benzene rings is 3. The van der Waals surface area contributed by atoms with E-state index in [1.165, 1.54) is 11.1 Å². The van der Waals surface area contributed by atoms with E-state index in [0.29, 0.717) is 35.4 Å². The summed E-state index contributed by atoms with van der Waals surface area (Å²) in [6, 6.07) is 27.1. The van der Waals surface area contributed by atoms with Gasteiger partial charge in [-0.2, -0.15) is 0 Å². The Morgan fingerprint density at radius 2 is 1.53 bits per heavy atom. The number of hydrogen-bond donors (Lipinski definition) is 2. The Kier molecular flexibility index (Phi) is 5.58. The van der Waals surface area contributed by atoms with Crippen LogP contribution in [-0.4, -0.2) is 35.5 Å². The molecule has 3 aromatic rings. The fourth-order valence-corrected chi connectivity index (χ4v) is 5.36. The van der Waals surface area contributed by atoms with Gasteiger partial charge in [0.05, 0.1) is 0 Å². The minimum atomic E-state index is -1.69. The molecule has 4 heteroatoms. The zero-order chi connectivity index (χ0) is 22.1. The lowest BCUT2D eigenvalue weighted by atomic mass is 9.85. The number of amides is 1. The van der Waals surface area contributed by atoms with Crippen LogP contribution in [0.15, 0.2) is 84.9 Å². The molecule has 2 fully saturated rings. The summed E-state index contributed by atoms with van der Waals surface area (Å²) in [4.78, 5) is 15.8. The number of aryl methyl sites for hydroxylation is 1. The summed E-state index contributed by atoms with van der Waals surface area (Å²) in [5, 5.41) is 14.6. The van der Waals surface area contributed by atoms with Crippen LogP contribution in [0.4, 0.5) is 0 Å². The molecule has 0 radical (unpaired) electrons. The van der Waals surface area contributed by atoms with E-state index in [1.807, 2.05) is 60.7 Å². The van der Waals surface area contributed by atoms with Crippen LogP contribution in [-0.2, 0) is 16.9 Å². The highest BCUT2D eigenvalue weighted by Crippen LogP contribution is 2.51. The molecule has 0 unspecified atom stereocenters. The summed E-state index contributed by atoms with van der Waals surface area (Å²) in [7, 11) is 0. The number of likely N-dealkylation sites (tertiary alicyclic amines) is 1. The molecule has 1 heterocycles. The number of fused-ring (bicyclic) bond motifs is 1. The van der Waals surface area contributed by atoms with Crippen molar-refractivity contribution in [2.75, 3.05) is 19.6 Å². The molecule has 3 atom stereocenters. The lowest BCUT2D eigenvalue weighted by Gasteiger charge is -2.28. The molecular formula is C28H30N2O2. The van der Waals surface area contributed by atoms with Crippen molar-refractivity contribution < 1.29 is 9.90 Å². The summed E-state index contributed by atoms with van der Waals surface area (Å²) < 4.78 is 0. The maximum Gasteiger partial charge on any atom is 0.261 e. The molecule has 2 N–H and O–H groups in total. The van der Waals surface area contributed by atoms with E-state index in [-0.39, 0.29) is 5.91 Å². The van der Waals surface area contributed by atoms with E-state index in [9.17, 15) is 9.90 Å². The van der Waals surface area contributed by atoms with E-state index in [0.717, 1.165) is 19.6 Å². The predicted octanol–water partition coefficient (Wildman–Crippen LogP) is 3.73. The van der Waals surface area contributed by atoms with Crippen LogP contribution >= 0.6 is 0 Å². The van der Waals surface area contributed by atoms with Crippen molar-refractivity contribution in [2.45, 2.75) is 19.1 Å². The lowest BCUT2D eigenvalue weighted by Crippen LogP contribution is -2.46. The first kappa shape index (κ1) is 20.9. The first-order chi connectivity index (χ1) is 15.6. The average molecular weight is 427 g/mol. The molecule has 0 bridgehead atoms. The van der Waals surface area contributed by atoms with E-state index in [2.05, 4.69) is 41.4 Å². The Balaban J connectivity index is 1.21. The summed E-state index contributed by atoms with van der Waals surface area (Å²) in [5.74, 6) is 1.43. The van der Waals surface area contributed by atoms with Crippen molar-refractivity contribution in [1.82, 2.24) is 10.2 Å². The standard InChI is InChI=1S/C28H30N2O2/c1-20-9-8-10-21(15-20)17-30-18-25-24(26(25)19-30)16-29-27(31)28(32,22-11-4-2-5-12-22)23-13-6-3-7-14-23/h2-15,24-26,32H,16-19H2,1H3,(H,29,31)/t24-,25-,26+. The molecule has 1 saturated heterocycles. The monoisotopic (exact) mass is 426 g/mol. The Bertz CT molecular complexity index is 1030. The second kappa shape index (κ2) is 8.53. The van der Waals surface area contributed by atoms with Gasteiger partial charge >= 0.3 is 0 Å². The fourth-order valence-electron chi connectivity index (χ4n) is 5.36. The average Bonchev–Trinajstić information content (AvgIpc) is 3.28. The minimum Gasteiger partial charge on any atom is -0.372 e. The highest BCUT2D eigenvalue weighted by Gasteiger charge is 2.55. The number of rotatable bonds is 7. The third-order valence-electron chi connectivity index (χ3n) is 7.15. The maximum absolute atomic E-state index is 13.3. The molecule has 1 aliphatic carbocycles. The van der Waals surface area contributed by atoms with Gasteiger partial charge in [-0.05, 0) is 41.4 Å². The first-order valence-corrected chi connectivity index (χ1v) is 11.5. The first-order valence-electron chi connectivity index (χ1n) is 11.5. The van der Waals surface area contributed by atoms with Gasteiger partial charge in [-0.15, -0.1) is 0 Å². The van der Waals surface area contributed by atoms with Crippen LogP contribution in [0.1, 0.15) is 22.3 Å². The number of hydrogen-bond acceptors (Lipinski definition) is 3. The van der Waals surface area contributed by atoms with E-state index < -0.39 is 5.60 Å². The number of carbonyl (C=O) groups is 1. The van der Waals surface area contributed by atoms with Crippen molar-refractivity contribution in [2.24, 2.45) is 17.8 Å². The Hall–Kier alpha value is -2.95.